The number of alkyl halides is 2. The Hall–Kier alpha value is -1.56. The Morgan fingerprint density at radius 1 is 1.47 bits per heavy atom. The fourth-order valence-corrected chi connectivity index (χ4v) is 1.31. The van der Waals surface area contributed by atoms with Crippen molar-refractivity contribution in [3.63, 3.8) is 0 Å². The van der Waals surface area contributed by atoms with Gasteiger partial charge in [-0.3, -0.25) is 10.1 Å². The smallest absolute Gasteiger partial charge is 0.275 e. The van der Waals surface area contributed by atoms with Crippen LogP contribution in [0.15, 0.2) is 18.2 Å². The summed E-state index contributed by atoms with van der Waals surface area (Å²) < 4.78 is 29.7. The van der Waals surface area contributed by atoms with E-state index in [0.717, 1.165) is 12.5 Å². The van der Waals surface area contributed by atoms with Crippen molar-refractivity contribution in [3.8, 4) is 0 Å². The van der Waals surface area contributed by atoms with E-state index >= 15 is 0 Å². The molecule has 0 aliphatic carbocycles. The van der Waals surface area contributed by atoms with E-state index in [1.165, 1.54) is 12.1 Å². The third-order valence-corrected chi connectivity index (χ3v) is 2.05. The molecule has 0 N–H and O–H groups in total. The average molecular weight is 245 g/mol. The molecular formula is C11H13F2NO3. The molecule has 0 bridgehead atoms. The van der Waals surface area contributed by atoms with Crippen LogP contribution in [-0.4, -0.2) is 17.5 Å². The summed E-state index contributed by atoms with van der Waals surface area (Å²) in [5.41, 5.74) is 0.926. The summed E-state index contributed by atoms with van der Waals surface area (Å²) in [7, 11) is 0. The van der Waals surface area contributed by atoms with Crippen LogP contribution in [0.4, 0.5) is 14.5 Å². The fraction of sp³-hybridized carbons (Fsp3) is 0.455. The Morgan fingerprint density at radius 2 is 2.12 bits per heavy atom. The molecule has 94 valence electrons. The largest absolute Gasteiger partial charge is 0.370 e. The highest BCUT2D eigenvalue weighted by Gasteiger charge is 2.22. The molecule has 0 fully saturated rings. The number of benzene rings is 1. The molecule has 0 spiro atoms. The fourth-order valence-electron chi connectivity index (χ4n) is 1.31. The molecule has 17 heavy (non-hydrogen) atoms. The molecule has 1 aromatic carbocycles. The summed E-state index contributed by atoms with van der Waals surface area (Å²) in [6.07, 6.45) is 0. The lowest BCUT2D eigenvalue weighted by atomic mass is 10.1. The number of ether oxygens (including phenoxy) is 1. The Morgan fingerprint density at radius 3 is 2.65 bits per heavy atom. The van der Waals surface area contributed by atoms with Gasteiger partial charge in [0.15, 0.2) is 0 Å². The first-order chi connectivity index (χ1) is 7.79. The van der Waals surface area contributed by atoms with Gasteiger partial charge in [0.25, 0.3) is 11.6 Å². The predicted molar refractivity (Wildman–Crippen MR) is 58.1 cm³/mol. The zero-order valence-electron chi connectivity index (χ0n) is 9.57. The van der Waals surface area contributed by atoms with Crippen molar-refractivity contribution >= 4 is 5.69 Å². The molecule has 0 aliphatic heterocycles. The minimum Gasteiger partial charge on any atom is -0.370 e. The topological polar surface area (TPSA) is 52.4 Å². The Labute approximate surface area is 97.4 Å². The number of aryl methyl sites for hydroxylation is 1. The van der Waals surface area contributed by atoms with E-state index in [-0.39, 0.29) is 12.3 Å². The maximum absolute atomic E-state index is 12.5. The molecule has 0 amide bonds. The van der Waals surface area contributed by atoms with E-state index in [4.69, 9.17) is 4.74 Å². The van der Waals surface area contributed by atoms with Gasteiger partial charge in [-0.2, -0.15) is 0 Å². The maximum atomic E-state index is 12.5. The number of hydrogen-bond donors (Lipinski definition) is 0. The highest BCUT2D eigenvalue weighted by molar-refractivity contribution is 5.42. The van der Waals surface area contributed by atoms with Gasteiger partial charge in [-0.1, -0.05) is 6.07 Å². The number of nitrogens with zero attached hydrogens (tertiary/aromatic N) is 1. The van der Waals surface area contributed by atoms with Gasteiger partial charge in [0.05, 0.1) is 17.1 Å². The minimum atomic E-state index is -2.93. The van der Waals surface area contributed by atoms with Crippen molar-refractivity contribution in [1.29, 1.82) is 0 Å². The van der Waals surface area contributed by atoms with E-state index in [1.807, 2.05) is 0 Å². The molecule has 0 aliphatic rings. The highest BCUT2D eigenvalue weighted by Crippen LogP contribution is 2.21. The Kier molecular flexibility index (Phi) is 4.11. The van der Waals surface area contributed by atoms with Crippen LogP contribution in [0.1, 0.15) is 18.1 Å². The lowest BCUT2D eigenvalue weighted by Gasteiger charge is -2.10. The molecule has 1 rings (SSSR count). The van der Waals surface area contributed by atoms with Crippen molar-refractivity contribution in [2.75, 3.05) is 6.61 Å². The third kappa shape index (κ3) is 4.44. The van der Waals surface area contributed by atoms with Crippen LogP contribution < -0.4 is 0 Å². The number of nitro benzene ring substituents is 1. The van der Waals surface area contributed by atoms with Crippen molar-refractivity contribution in [2.45, 2.75) is 26.4 Å². The summed E-state index contributed by atoms with van der Waals surface area (Å²) in [5, 5.41) is 10.7. The van der Waals surface area contributed by atoms with E-state index in [1.54, 1.807) is 13.0 Å². The van der Waals surface area contributed by atoms with Crippen LogP contribution in [0.5, 0.6) is 0 Å². The molecular weight excluding hydrogens is 232 g/mol. The molecule has 0 aromatic heterocycles. The van der Waals surface area contributed by atoms with E-state index in [9.17, 15) is 18.9 Å². The predicted octanol–water partition coefficient (Wildman–Crippen LogP) is 3.08. The van der Waals surface area contributed by atoms with Gasteiger partial charge in [0.2, 0.25) is 0 Å². The van der Waals surface area contributed by atoms with E-state index in [0.29, 0.717) is 5.56 Å². The lowest BCUT2D eigenvalue weighted by molar-refractivity contribution is -0.386. The zero-order valence-corrected chi connectivity index (χ0v) is 9.57. The van der Waals surface area contributed by atoms with Crippen LogP contribution in [0.2, 0.25) is 0 Å². The summed E-state index contributed by atoms with van der Waals surface area (Å²) in [5.74, 6) is -2.93. The SMILES string of the molecule is Cc1ccc(COCC(C)(F)F)c([N+](=O)[O-])c1. The number of hydrogen-bond acceptors (Lipinski definition) is 3. The lowest BCUT2D eigenvalue weighted by Crippen LogP contribution is -2.18. The van der Waals surface area contributed by atoms with Crippen molar-refractivity contribution in [3.05, 3.63) is 39.4 Å². The standard InChI is InChI=1S/C11H13F2NO3/c1-8-3-4-9(10(5-8)14(15)16)6-17-7-11(2,12)13/h3-5H,6-7H2,1-2H3. The average Bonchev–Trinajstić information content (AvgIpc) is 2.18. The first kappa shape index (κ1) is 13.5. The van der Waals surface area contributed by atoms with Gasteiger partial charge in [-0.05, 0) is 18.6 Å². The van der Waals surface area contributed by atoms with Gasteiger partial charge < -0.3 is 4.74 Å². The first-order valence-corrected chi connectivity index (χ1v) is 4.99. The minimum absolute atomic E-state index is 0.107. The van der Waals surface area contributed by atoms with Gasteiger partial charge >= 0.3 is 0 Å². The van der Waals surface area contributed by atoms with Crippen molar-refractivity contribution in [1.82, 2.24) is 0 Å². The van der Waals surface area contributed by atoms with Gasteiger partial charge in [-0.25, -0.2) is 8.78 Å². The normalized spacial score (nSPS) is 11.5. The molecule has 0 atom stereocenters. The Bertz CT molecular complexity index is 416. The molecule has 0 saturated heterocycles. The van der Waals surface area contributed by atoms with Crippen molar-refractivity contribution in [2.24, 2.45) is 0 Å². The maximum Gasteiger partial charge on any atom is 0.275 e. The molecule has 0 heterocycles. The number of halogens is 2. The zero-order chi connectivity index (χ0) is 13.1. The number of rotatable bonds is 5. The summed E-state index contributed by atoms with van der Waals surface area (Å²) in [4.78, 5) is 10.2. The quantitative estimate of drug-likeness (QED) is 0.591. The molecule has 0 unspecified atom stereocenters. The number of nitro groups is 1. The molecule has 0 saturated carbocycles. The Balaban J connectivity index is 2.74. The van der Waals surface area contributed by atoms with E-state index < -0.39 is 17.5 Å². The van der Waals surface area contributed by atoms with Gasteiger partial charge in [-0.15, -0.1) is 0 Å². The van der Waals surface area contributed by atoms with Gasteiger partial charge in [0, 0.05) is 13.0 Å². The molecule has 1 aromatic rings. The van der Waals surface area contributed by atoms with Crippen molar-refractivity contribution < 1.29 is 18.4 Å². The molecule has 4 nitrogen and oxygen atoms in total. The third-order valence-electron chi connectivity index (χ3n) is 2.05. The van der Waals surface area contributed by atoms with Crippen LogP contribution in [0.3, 0.4) is 0 Å². The second-order valence-electron chi connectivity index (χ2n) is 3.95. The summed E-state index contributed by atoms with van der Waals surface area (Å²) in [6.45, 7) is 1.51. The van der Waals surface area contributed by atoms with E-state index in [2.05, 4.69) is 0 Å². The summed E-state index contributed by atoms with van der Waals surface area (Å²) >= 11 is 0. The van der Waals surface area contributed by atoms with Crippen LogP contribution in [-0.2, 0) is 11.3 Å². The second-order valence-corrected chi connectivity index (χ2v) is 3.95. The van der Waals surface area contributed by atoms with Crippen LogP contribution in [0.25, 0.3) is 0 Å². The monoisotopic (exact) mass is 245 g/mol. The first-order valence-electron chi connectivity index (χ1n) is 4.99. The highest BCUT2D eigenvalue weighted by atomic mass is 19.3. The van der Waals surface area contributed by atoms with Gasteiger partial charge in [0.1, 0.15) is 6.61 Å². The molecule has 0 radical (unpaired) electrons. The van der Waals surface area contributed by atoms with Crippen LogP contribution in [0, 0.1) is 17.0 Å². The van der Waals surface area contributed by atoms with Crippen LogP contribution >= 0.6 is 0 Å². The molecule has 6 heteroatoms. The summed E-state index contributed by atoms with van der Waals surface area (Å²) in [6, 6.07) is 4.58. The second kappa shape index (κ2) is 5.18.